The molecule has 0 saturated carbocycles. The van der Waals surface area contributed by atoms with Crippen molar-refractivity contribution in [2.45, 2.75) is 51.6 Å². The first-order valence-electron chi connectivity index (χ1n) is 7.62. The third-order valence-electron chi connectivity index (χ3n) is 4.75. The van der Waals surface area contributed by atoms with Gasteiger partial charge in [0.2, 0.25) is 0 Å². The maximum Gasteiger partial charge on any atom is 0.149 e. The van der Waals surface area contributed by atoms with Crippen LogP contribution in [-0.4, -0.2) is 24.7 Å². The first-order valence-corrected chi connectivity index (χ1v) is 8.41. The number of hydrogen-bond acceptors (Lipinski definition) is 2. The first kappa shape index (κ1) is 16.7. The van der Waals surface area contributed by atoms with Crippen molar-refractivity contribution in [2.75, 3.05) is 18.0 Å². The maximum atomic E-state index is 14.3. The highest BCUT2D eigenvalue weighted by Crippen LogP contribution is 2.33. The monoisotopic (exact) mass is 360 g/mol. The molecule has 1 aromatic rings. The Labute approximate surface area is 134 Å². The fraction of sp³-hybridized carbons (Fsp3) is 0.625. The summed E-state index contributed by atoms with van der Waals surface area (Å²) in [6.07, 6.45) is 2.89. The number of benzene rings is 1. The number of nitrogens with one attached hydrogen (secondary N) is 1. The van der Waals surface area contributed by atoms with Gasteiger partial charge in [0, 0.05) is 30.7 Å². The second kappa shape index (κ2) is 6.61. The van der Waals surface area contributed by atoms with Crippen molar-refractivity contribution in [3.8, 4) is 0 Å². The second-order valence-electron chi connectivity index (χ2n) is 5.78. The van der Waals surface area contributed by atoms with Gasteiger partial charge in [0.15, 0.2) is 0 Å². The molecule has 0 radical (unpaired) electrons. The zero-order chi connectivity index (χ0) is 15.6. The fourth-order valence-electron chi connectivity index (χ4n) is 3.06. The molecule has 1 N–H and O–H groups in total. The van der Waals surface area contributed by atoms with Gasteiger partial charge in [-0.15, -0.1) is 0 Å². The van der Waals surface area contributed by atoms with Crippen molar-refractivity contribution in [3.05, 3.63) is 28.2 Å². The largest absolute Gasteiger partial charge is 0.363 e. The van der Waals surface area contributed by atoms with Gasteiger partial charge in [0.25, 0.3) is 0 Å². The Morgan fingerprint density at radius 2 is 1.90 bits per heavy atom. The van der Waals surface area contributed by atoms with Crippen molar-refractivity contribution in [1.29, 1.82) is 0 Å². The van der Waals surface area contributed by atoms with Crippen LogP contribution in [0.2, 0.25) is 0 Å². The number of hydrogen-bond donors (Lipinski definition) is 1. The lowest BCUT2D eigenvalue weighted by atomic mass is 9.87. The normalized spacial score (nSPS) is 21.6. The van der Waals surface area contributed by atoms with Crippen LogP contribution in [0.5, 0.6) is 0 Å². The van der Waals surface area contributed by atoms with Gasteiger partial charge in [0.05, 0.1) is 10.2 Å². The van der Waals surface area contributed by atoms with E-state index in [-0.39, 0.29) is 11.6 Å². The highest BCUT2D eigenvalue weighted by Gasteiger charge is 2.37. The van der Waals surface area contributed by atoms with Gasteiger partial charge in [-0.25, -0.2) is 8.78 Å². The minimum Gasteiger partial charge on any atom is -0.363 e. The predicted octanol–water partition coefficient (Wildman–Crippen LogP) is 4.47. The molecule has 0 aromatic heterocycles. The lowest BCUT2D eigenvalue weighted by Gasteiger charge is -2.48. The van der Waals surface area contributed by atoms with Crippen molar-refractivity contribution in [2.24, 2.45) is 0 Å². The minimum absolute atomic E-state index is 0.00102. The van der Waals surface area contributed by atoms with Crippen molar-refractivity contribution >= 4 is 21.6 Å². The van der Waals surface area contributed by atoms with Gasteiger partial charge in [-0.05, 0) is 41.3 Å². The Hall–Kier alpha value is -0.680. The van der Waals surface area contributed by atoms with Gasteiger partial charge >= 0.3 is 0 Å². The Balaban J connectivity index is 2.40. The summed E-state index contributed by atoms with van der Waals surface area (Å²) in [7, 11) is 0. The van der Waals surface area contributed by atoms with Crippen molar-refractivity contribution in [3.63, 3.8) is 0 Å². The molecule has 0 aliphatic carbocycles. The number of anilines is 1. The van der Waals surface area contributed by atoms with Crippen molar-refractivity contribution in [1.82, 2.24) is 5.32 Å². The summed E-state index contributed by atoms with van der Waals surface area (Å²) in [6, 6.07) is 2.76. The Kier molecular flexibility index (Phi) is 5.25. The molecule has 1 heterocycles. The molecular formula is C16H23BrF2N2. The molecule has 5 heteroatoms. The van der Waals surface area contributed by atoms with Gasteiger partial charge in [-0.3, -0.25) is 0 Å². The molecular weight excluding hydrogens is 338 g/mol. The van der Waals surface area contributed by atoms with Gasteiger partial charge in [0.1, 0.15) is 11.6 Å². The number of rotatable bonds is 4. The van der Waals surface area contributed by atoms with Gasteiger partial charge < -0.3 is 10.2 Å². The minimum atomic E-state index is -0.559. The number of halogens is 3. The average Bonchev–Trinajstić information content (AvgIpc) is 2.50. The standard InChI is InChI=1S/C16H23BrF2N2/c1-4-11-9-20-16(5-2,6-3)10-21(11)15-7-12(17)13(18)8-14(15)19/h7-8,11,20H,4-6,9-10H2,1-3H3. The lowest BCUT2D eigenvalue weighted by molar-refractivity contribution is 0.245. The van der Waals surface area contributed by atoms with E-state index in [2.05, 4.69) is 46.9 Å². The third kappa shape index (κ3) is 3.24. The third-order valence-corrected chi connectivity index (χ3v) is 5.36. The van der Waals surface area contributed by atoms with Crippen LogP contribution in [0.1, 0.15) is 40.0 Å². The Morgan fingerprint density at radius 3 is 2.48 bits per heavy atom. The van der Waals surface area contributed by atoms with Crippen LogP contribution in [0.3, 0.4) is 0 Å². The van der Waals surface area contributed by atoms with E-state index < -0.39 is 11.6 Å². The van der Waals surface area contributed by atoms with E-state index in [1.165, 1.54) is 0 Å². The maximum absolute atomic E-state index is 14.3. The zero-order valence-corrected chi connectivity index (χ0v) is 14.4. The van der Waals surface area contributed by atoms with E-state index in [9.17, 15) is 8.78 Å². The molecule has 1 saturated heterocycles. The quantitative estimate of drug-likeness (QED) is 0.796. The molecule has 1 atom stereocenters. The Bertz CT molecular complexity index is 503. The molecule has 1 aromatic carbocycles. The zero-order valence-electron chi connectivity index (χ0n) is 12.8. The summed E-state index contributed by atoms with van der Waals surface area (Å²) in [5.74, 6) is -1.05. The number of nitrogens with zero attached hydrogens (tertiary/aromatic N) is 1. The summed E-state index contributed by atoms with van der Waals surface area (Å²) < 4.78 is 28.0. The molecule has 2 rings (SSSR count). The molecule has 0 amide bonds. The second-order valence-corrected chi connectivity index (χ2v) is 6.63. The molecule has 1 aliphatic rings. The predicted molar refractivity (Wildman–Crippen MR) is 86.8 cm³/mol. The summed E-state index contributed by atoms with van der Waals surface area (Å²) in [5.41, 5.74) is 0.488. The summed E-state index contributed by atoms with van der Waals surface area (Å²) in [5, 5.41) is 3.63. The van der Waals surface area contributed by atoms with Gasteiger partial charge in [-0.1, -0.05) is 20.8 Å². The Morgan fingerprint density at radius 1 is 1.24 bits per heavy atom. The van der Waals surface area contributed by atoms with Crippen LogP contribution in [0.4, 0.5) is 14.5 Å². The summed E-state index contributed by atoms with van der Waals surface area (Å²) in [4.78, 5) is 2.10. The van der Waals surface area contributed by atoms with E-state index in [0.29, 0.717) is 10.2 Å². The van der Waals surface area contributed by atoms with E-state index in [1.807, 2.05) is 0 Å². The number of piperazine rings is 1. The fourth-order valence-corrected chi connectivity index (χ4v) is 3.39. The topological polar surface area (TPSA) is 15.3 Å². The molecule has 2 nitrogen and oxygen atoms in total. The van der Waals surface area contributed by atoms with Crippen LogP contribution < -0.4 is 10.2 Å². The smallest absolute Gasteiger partial charge is 0.149 e. The van der Waals surface area contributed by atoms with E-state index >= 15 is 0 Å². The highest BCUT2D eigenvalue weighted by molar-refractivity contribution is 9.10. The highest BCUT2D eigenvalue weighted by atomic mass is 79.9. The molecule has 21 heavy (non-hydrogen) atoms. The molecule has 0 bridgehead atoms. The first-order chi connectivity index (χ1) is 9.96. The molecule has 0 spiro atoms. The van der Waals surface area contributed by atoms with E-state index in [0.717, 1.165) is 38.4 Å². The van der Waals surface area contributed by atoms with Crippen molar-refractivity contribution < 1.29 is 8.78 Å². The summed E-state index contributed by atoms with van der Waals surface area (Å²) in [6.45, 7) is 7.97. The molecule has 1 unspecified atom stereocenters. The van der Waals surface area contributed by atoms with Crippen LogP contribution in [0.25, 0.3) is 0 Å². The van der Waals surface area contributed by atoms with Crippen LogP contribution in [-0.2, 0) is 0 Å². The molecule has 1 fully saturated rings. The molecule has 1 aliphatic heterocycles. The van der Waals surface area contributed by atoms with E-state index in [1.54, 1.807) is 6.07 Å². The van der Waals surface area contributed by atoms with E-state index in [4.69, 9.17) is 0 Å². The molecule has 118 valence electrons. The average molecular weight is 361 g/mol. The van der Waals surface area contributed by atoms with Crippen LogP contribution in [0.15, 0.2) is 16.6 Å². The van der Waals surface area contributed by atoms with Crippen LogP contribution in [0, 0.1) is 11.6 Å². The van der Waals surface area contributed by atoms with Gasteiger partial charge in [-0.2, -0.15) is 0 Å². The summed E-state index contributed by atoms with van der Waals surface area (Å²) >= 11 is 3.17. The SMILES string of the molecule is CCC1CNC(CC)(CC)CN1c1cc(Br)c(F)cc1F. The van der Waals surface area contributed by atoms with Crippen LogP contribution >= 0.6 is 15.9 Å². The lowest BCUT2D eigenvalue weighted by Crippen LogP contribution is -2.64.